The van der Waals surface area contributed by atoms with Crippen molar-refractivity contribution in [2.45, 2.75) is 25.8 Å². The second-order valence-corrected chi connectivity index (χ2v) is 4.18. The first-order valence-corrected chi connectivity index (χ1v) is 5.77. The molecule has 4 nitrogen and oxygen atoms in total. The van der Waals surface area contributed by atoms with Crippen LogP contribution in [0.15, 0.2) is 12.3 Å². The lowest BCUT2D eigenvalue weighted by Gasteiger charge is -2.19. The molecule has 1 aromatic heterocycles. The second kappa shape index (κ2) is 4.66. The van der Waals surface area contributed by atoms with Crippen LogP contribution in [0.1, 0.15) is 19.8 Å². The molecular weight excluding hydrogens is 188 g/mol. The van der Waals surface area contributed by atoms with Gasteiger partial charge in [-0.2, -0.15) is 5.10 Å². The van der Waals surface area contributed by atoms with Crippen LogP contribution in [0, 0.1) is 0 Å². The largest absolute Gasteiger partial charge is 0.354 e. The Balaban J connectivity index is 1.99. The van der Waals surface area contributed by atoms with Crippen molar-refractivity contribution in [2.24, 2.45) is 7.05 Å². The molecule has 2 rings (SSSR count). The summed E-state index contributed by atoms with van der Waals surface area (Å²) < 4.78 is 1.87. The molecule has 1 N–H and O–H groups in total. The third-order valence-corrected chi connectivity index (χ3v) is 3.08. The Morgan fingerprint density at radius 1 is 1.53 bits per heavy atom. The van der Waals surface area contributed by atoms with Gasteiger partial charge in [-0.3, -0.25) is 4.68 Å². The lowest BCUT2D eigenvalue weighted by atomic mass is 10.1. The van der Waals surface area contributed by atoms with Crippen molar-refractivity contribution in [3.63, 3.8) is 0 Å². The van der Waals surface area contributed by atoms with Gasteiger partial charge in [0.25, 0.3) is 0 Å². The Hall–Kier alpha value is -1.03. The molecule has 0 spiro atoms. The number of aryl methyl sites for hydroxylation is 1. The van der Waals surface area contributed by atoms with Crippen LogP contribution in [0.3, 0.4) is 0 Å². The topological polar surface area (TPSA) is 33.1 Å². The number of nitrogens with zero attached hydrogens (tertiary/aromatic N) is 3. The quantitative estimate of drug-likeness (QED) is 0.787. The molecule has 1 aliphatic rings. The molecule has 1 atom stereocenters. The standard InChI is InChI=1S/C11H20N4/c1-3-10-4-8-15(9-6-12-10)11-5-7-14(2)13-11/h5,7,10,12H,3-4,6,8-9H2,1-2H3. The highest BCUT2D eigenvalue weighted by molar-refractivity contribution is 5.37. The van der Waals surface area contributed by atoms with Crippen molar-refractivity contribution in [1.82, 2.24) is 15.1 Å². The molecule has 1 saturated heterocycles. The zero-order chi connectivity index (χ0) is 10.7. The maximum Gasteiger partial charge on any atom is 0.150 e. The Labute approximate surface area is 91.3 Å². The summed E-state index contributed by atoms with van der Waals surface area (Å²) in [7, 11) is 1.97. The molecule has 0 aliphatic carbocycles. The number of rotatable bonds is 2. The molecule has 1 fully saturated rings. The SMILES string of the molecule is CCC1CCN(c2ccn(C)n2)CCN1. The summed E-state index contributed by atoms with van der Waals surface area (Å²) in [4.78, 5) is 2.36. The predicted molar refractivity (Wildman–Crippen MR) is 62.1 cm³/mol. The first kappa shape index (κ1) is 10.5. The minimum Gasteiger partial charge on any atom is -0.354 e. The highest BCUT2D eigenvalue weighted by Gasteiger charge is 2.16. The lowest BCUT2D eigenvalue weighted by Crippen LogP contribution is -2.30. The molecule has 84 valence electrons. The fourth-order valence-corrected chi connectivity index (χ4v) is 2.08. The predicted octanol–water partition coefficient (Wildman–Crippen LogP) is 0.998. The van der Waals surface area contributed by atoms with Crippen LogP contribution in [0.4, 0.5) is 5.82 Å². The van der Waals surface area contributed by atoms with Crippen LogP contribution in [0.25, 0.3) is 0 Å². The van der Waals surface area contributed by atoms with E-state index >= 15 is 0 Å². The average molecular weight is 208 g/mol. The van der Waals surface area contributed by atoms with E-state index in [0.29, 0.717) is 6.04 Å². The number of aromatic nitrogens is 2. The Morgan fingerprint density at radius 3 is 3.07 bits per heavy atom. The monoisotopic (exact) mass is 208 g/mol. The van der Waals surface area contributed by atoms with Gasteiger partial charge < -0.3 is 10.2 Å². The molecule has 2 heterocycles. The van der Waals surface area contributed by atoms with Gasteiger partial charge in [0.05, 0.1) is 0 Å². The Kier molecular flexibility index (Phi) is 3.26. The zero-order valence-corrected chi connectivity index (χ0v) is 9.61. The maximum absolute atomic E-state index is 4.44. The third-order valence-electron chi connectivity index (χ3n) is 3.08. The molecule has 4 heteroatoms. The third kappa shape index (κ3) is 2.50. The fourth-order valence-electron chi connectivity index (χ4n) is 2.08. The first-order chi connectivity index (χ1) is 7.29. The van der Waals surface area contributed by atoms with Gasteiger partial charge in [0.2, 0.25) is 0 Å². The smallest absolute Gasteiger partial charge is 0.150 e. The zero-order valence-electron chi connectivity index (χ0n) is 9.61. The van der Waals surface area contributed by atoms with E-state index in [2.05, 4.69) is 28.3 Å². The summed E-state index contributed by atoms with van der Waals surface area (Å²) in [5, 5.41) is 8.00. The van der Waals surface area contributed by atoms with E-state index in [9.17, 15) is 0 Å². The molecule has 15 heavy (non-hydrogen) atoms. The number of anilines is 1. The minimum atomic E-state index is 0.679. The lowest BCUT2D eigenvalue weighted by molar-refractivity contribution is 0.509. The van der Waals surface area contributed by atoms with Crippen LogP contribution >= 0.6 is 0 Å². The molecule has 0 saturated carbocycles. The molecular formula is C11H20N4. The van der Waals surface area contributed by atoms with Crippen molar-refractivity contribution in [3.05, 3.63) is 12.3 Å². The van der Waals surface area contributed by atoms with E-state index in [1.54, 1.807) is 0 Å². The highest BCUT2D eigenvalue weighted by atomic mass is 15.3. The van der Waals surface area contributed by atoms with Crippen molar-refractivity contribution in [3.8, 4) is 0 Å². The van der Waals surface area contributed by atoms with E-state index < -0.39 is 0 Å². The number of hydrogen-bond donors (Lipinski definition) is 1. The molecule has 0 aromatic carbocycles. The summed E-state index contributed by atoms with van der Waals surface area (Å²) in [5.41, 5.74) is 0. The van der Waals surface area contributed by atoms with E-state index in [1.807, 2.05) is 17.9 Å². The van der Waals surface area contributed by atoms with Gasteiger partial charge in [0, 0.05) is 45.0 Å². The van der Waals surface area contributed by atoms with E-state index in [4.69, 9.17) is 0 Å². The second-order valence-electron chi connectivity index (χ2n) is 4.18. The van der Waals surface area contributed by atoms with Crippen LogP contribution < -0.4 is 10.2 Å². The van der Waals surface area contributed by atoms with E-state index in [-0.39, 0.29) is 0 Å². The van der Waals surface area contributed by atoms with Gasteiger partial charge in [0.15, 0.2) is 5.82 Å². The van der Waals surface area contributed by atoms with Gasteiger partial charge in [-0.05, 0) is 12.8 Å². The number of nitrogens with one attached hydrogen (secondary N) is 1. The van der Waals surface area contributed by atoms with Crippen molar-refractivity contribution in [1.29, 1.82) is 0 Å². The van der Waals surface area contributed by atoms with Gasteiger partial charge in [0.1, 0.15) is 0 Å². The molecule has 1 aliphatic heterocycles. The highest BCUT2D eigenvalue weighted by Crippen LogP contribution is 2.13. The van der Waals surface area contributed by atoms with Crippen LogP contribution in [-0.4, -0.2) is 35.5 Å². The van der Waals surface area contributed by atoms with Crippen molar-refractivity contribution < 1.29 is 0 Å². The first-order valence-electron chi connectivity index (χ1n) is 5.77. The summed E-state index contributed by atoms with van der Waals surface area (Å²) in [6.07, 6.45) is 4.44. The van der Waals surface area contributed by atoms with Gasteiger partial charge in [-0.25, -0.2) is 0 Å². The Morgan fingerprint density at radius 2 is 2.40 bits per heavy atom. The summed E-state index contributed by atoms with van der Waals surface area (Å²) in [6.45, 7) is 5.49. The molecule has 0 bridgehead atoms. The normalized spacial score (nSPS) is 22.8. The summed E-state index contributed by atoms with van der Waals surface area (Å²) >= 11 is 0. The molecule has 0 radical (unpaired) electrons. The average Bonchev–Trinajstić information content (AvgIpc) is 2.54. The van der Waals surface area contributed by atoms with Gasteiger partial charge in [-0.15, -0.1) is 0 Å². The molecule has 0 amide bonds. The molecule has 1 unspecified atom stereocenters. The van der Waals surface area contributed by atoms with E-state index in [0.717, 1.165) is 25.5 Å². The van der Waals surface area contributed by atoms with Crippen LogP contribution in [-0.2, 0) is 7.05 Å². The maximum atomic E-state index is 4.44. The summed E-state index contributed by atoms with van der Waals surface area (Å²) in [5.74, 6) is 1.11. The summed E-state index contributed by atoms with van der Waals surface area (Å²) in [6, 6.07) is 2.77. The van der Waals surface area contributed by atoms with Gasteiger partial charge in [-0.1, -0.05) is 6.92 Å². The fraction of sp³-hybridized carbons (Fsp3) is 0.727. The molecule has 1 aromatic rings. The van der Waals surface area contributed by atoms with Crippen LogP contribution in [0.2, 0.25) is 0 Å². The van der Waals surface area contributed by atoms with Crippen molar-refractivity contribution >= 4 is 5.82 Å². The van der Waals surface area contributed by atoms with Crippen molar-refractivity contribution in [2.75, 3.05) is 24.5 Å². The van der Waals surface area contributed by atoms with E-state index in [1.165, 1.54) is 12.8 Å². The van der Waals surface area contributed by atoms with Crippen LogP contribution in [0.5, 0.6) is 0 Å². The number of hydrogen-bond acceptors (Lipinski definition) is 3. The minimum absolute atomic E-state index is 0.679. The Bertz CT molecular complexity index is 307. The van der Waals surface area contributed by atoms with Gasteiger partial charge >= 0.3 is 0 Å².